The Morgan fingerprint density at radius 3 is 2.62 bits per heavy atom. The minimum Gasteiger partial charge on any atom is -0.462 e. The van der Waals surface area contributed by atoms with Crippen LogP contribution >= 0.6 is 22.6 Å². The fraction of sp³-hybridized carbons (Fsp3) is 0.900. The molecule has 0 aliphatic carbocycles. The van der Waals surface area contributed by atoms with E-state index in [9.17, 15) is 4.79 Å². The molecular weight excluding hydrogens is 279 g/mol. The average molecular weight is 298 g/mol. The van der Waals surface area contributed by atoms with Gasteiger partial charge in [0.25, 0.3) is 0 Å². The smallest absolute Gasteiger partial charge is 0.315 e. The summed E-state index contributed by atoms with van der Waals surface area (Å²) in [5.74, 6) is -0.0939. The molecule has 2 nitrogen and oxygen atoms in total. The molecule has 0 bridgehead atoms. The van der Waals surface area contributed by atoms with Crippen molar-refractivity contribution in [2.24, 2.45) is 0 Å². The van der Waals surface area contributed by atoms with Gasteiger partial charge in [-0.3, -0.25) is 4.79 Å². The number of hydrogen-bond donors (Lipinski definition) is 0. The number of ether oxygens (including phenoxy) is 1. The van der Waals surface area contributed by atoms with Crippen LogP contribution in [0.3, 0.4) is 0 Å². The van der Waals surface area contributed by atoms with Gasteiger partial charge in [-0.05, 0) is 19.8 Å². The highest BCUT2D eigenvalue weighted by Gasteiger charge is 2.06. The predicted octanol–water partition coefficient (Wildman–Crippen LogP) is 3.32. The first-order valence-electron chi connectivity index (χ1n) is 4.96. The first-order chi connectivity index (χ1) is 6.20. The van der Waals surface area contributed by atoms with E-state index in [2.05, 4.69) is 6.92 Å². The zero-order valence-electron chi connectivity index (χ0n) is 8.51. The monoisotopic (exact) mass is 298 g/mol. The number of hydrogen-bond acceptors (Lipinski definition) is 2. The van der Waals surface area contributed by atoms with Crippen LogP contribution in [0.2, 0.25) is 0 Å². The van der Waals surface area contributed by atoms with E-state index in [1.165, 1.54) is 25.7 Å². The summed E-state index contributed by atoms with van der Waals surface area (Å²) in [6.45, 7) is 4.16. The van der Waals surface area contributed by atoms with Crippen LogP contribution in [0.5, 0.6) is 0 Å². The van der Waals surface area contributed by atoms with Crippen molar-refractivity contribution in [2.45, 2.75) is 52.1 Å². The second-order valence-corrected chi connectivity index (χ2v) is 4.05. The second-order valence-electron chi connectivity index (χ2n) is 3.28. The molecule has 0 saturated heterocycles. The van der Waals surface area contributed by atoms with Gasteiger partial charge in [0.2, 0.25) is 0 Å². The van der Waals surface area contributed by atoms with Crippen molar-refractivity contribution in [3.05, 3.63) is 0 Å². The van der Waals surface area contributed by atoms with E-state index >= 15 is 0 Å². The van der Waals surface area contributed by atoms with Crippen LogP contribution in [0.25, 0.3) is 0 Å². The maximum Gasteiger partial charge on any atom is 0.315 e. The Kier molecular flexibility index (Phi) is 8.92. The minimum atomic E-state index is -0.0939. The van der Waals surface area contributed by atoms with E-state index in [4.69, 9.17) is 4.74 Å². The third kappa shape index (κ3) is 8.53. The second kappa shape index (κ2) is 8.78. The fourth-order valence-electron chi connectivity index (χ4n) is 1.17. The average Bonchev–Trinajstić information content (AvgIpc) is 2.12. The highest BCUT2D eigenvalue weighted by molar-refractivity contribution is 14.1. The molecule has 0 unspecified atom stereocenters. The number of alkyl halides is 1. The van der Waals surface area contributed by atoms with Crippen molar-refractivity contribution < 1.29 is 9.53 Å². The third-order valence-corrected chi connectivity index (χ3v) is 2.53. The van der Waals surface area contributed by atoms with Gasteiger partial charge in [-0.2, -0.15) is 0 Å². The zero-order chi connectivity index (χ0) is 10.1. The number of halogens is 1. The van der Waals surface area contributed by atoms with Crippen LogP contribution in [-0.4, -0.2) is 16.5 Å². The van der Waals surface area contributed by atoms with E-state index in [1.54, 1.807) is 0 Å². The molecule has 0 N–H and O–H groups in total. The van der Waals surface area contributed by atoms with Crippen molar-refractivity contribution in [3.8, 4) is 0 Å². The topological polar surface area (TPSA) is 26.3 Å². The molecule has 0 amide bonds. The van der Waals surface area contributed by atoms with Gasteiger partial charge in [-0.25, -0.2) is 0 Å². The molecule has 0 aliphatic rings. The summed E-state index contributed by atoms with van der Waals surface area (Å²) < 4.78 is 5.59. The van der Waals surface area contributed by atoms with Crippen LogP contribution in [0.1, 0.15) is 46.0 Å². The standard InChI is InChI=1S/C10H19IO2/c1-3-4-5-6-7-9(2)13-10(12)8-11/h9H,3-8H2,1-2H3/t9-/m0/s1. The normalized spacial score (nSPS) is 12.5. The van der Waals surface area contributed by atoms with Crippen LogP contribution in [-0.2, 0) is 9.53 Å². The quantitative estimate of drug-likeness (QED) is 0.312. The lowest BCUT2D eigenvalue weighted by Crippen LogP contribution is -2.15. The van der Waals surface area contributed by atoms with Crippen LogP contribution in [0.15, 0.2) is 0 Å². The molecule has 0 fully saturated rings. The molecule has 0 radical (unpaired) electrons. The summed E-state index contributed by atoms with van der Waals surface area (Å²) in [6, 6.07) is 0. The zero-order valence-corrected chi connectivity index (χ0v) is 10.7. The first kappa shape index (κ1) is 13.2. The number of unbranched alkanes of at least 4 members (excludes halogenated alkanes) is 3. The summed E-state index contributed by atoms with van der Waals surface area (Å²) in [5.41, 5.74) is 0. The van der Waals surface area contributed by atoms with Gasteiger partial charge in [-0.1, -0.05) is 48.8 Å². The molecule has 3 heteroatoms. The van der Waals surface area contributed by atoms with Crippen molar-refractivity contribution in [2.75, 3.05) is 4.43 Å². The van der Waals surface area contributed by atoms with Gasteiger partial charge in [-0.15, -0.1) is 0 Å². The van der Waals surface area contributed by atoms with Crippen LogP contribution in [0.4, 0.5) is 0 Å². The van der Waals surface area contributed by atoms with E-state index in [-0.39, 0.29) is 12.1 Å². The Hall–Kier alpha value is 0.200. The molecular formula is C10H19IO2. The molecule has 78 valence electrons. The van der Waals surface area contributed by atoms with Crippen molar-refractivity contribution >= 4 is 28.6 Å². The van der Waals surface area contributed by atoms with Crippen molar-refractivity contribution in [1.29, 1.82) is 0 Å². The number of carbonyl (C=O) groups is 1. The van der Waals surface area contributed by atoms with E-state index < -0.39 is 0 Å². The lowest BCUT2D eigenvalue weighted by atomic mass is 10.1. The number of carbonyl (C=O) groups excluding carboxylic acids is 1. The molecule has 13 heavy (non-hydrogen) atoms. The Labute approximate surface area is 94.6 Å². The molecule has 0 spiro atoms. The summed E-state index contributed by atoms with van der Waals surface area (Å²) in [6.07, 6.45) is 6.06. The summed E-state index contributed by atoms with van der Waals surface area (Å²) >= 11 is 2.02. The SMILES string of the molecule is CCCCCC[C@H](C)OC(=O)CI. The predicted molar refractivity (Wildman–Crippen MR) is 63.2 cm³/mol. The third-order valence-electron chi connectivity index (χ3n) is 1.91. The lowest BCUT2D eigenvalue weighted by molar-refractivity contribution is -0.144. The maximum atomic E-state index is 10.9. The van der Waals surface area contributed by atoms with Crippen LogP contribution < -0.4 is 0 Å². The van der Waals surface area contributed by atoms with E-state index in [0.29, 0.717) is 4.43 Å². The molecule has 0 rings (SSSR count). The minimum absolute atomic E-state index is 0.0939. The van der Waals surface area contributed by atoms with Gasteiger partial charge >= 0.3 is 5.97 Å². The molecule has 0 saturated carbocycles. The highest BCUT2D eigenvalue weighted by Crippen LogP contribution is 2.08. The molecule has 0 aromatic heterocycles. The summed E-state index contributed by atoms with van der Waals surface area (Å²) in [5, 5.41) is 0. The molecule has 0 heterocycles. The summed E-state index contributed by atoms with van der Waals surface area (Å²) in [4.78, 5) is 10.9. The maximum absolute atomic E-state index is 10.9. The van der Waals surface area contributed by atoms with Crippen molar-refractivity contribution in [1.82, 2.24) is 0 Å². The molecule has 0 aromatic rings. The van der Waals surface area contributed by atoms with Gasteiger partial charge in [0, 0.05) is 0 Å². The first-order valence-corrected chi connectivity index (χ1v) is 6.48. The molecule has 0 aromatic carbocycles. The fourth-order valence-corrected chi connectivity index (χ4v) is 1.35. The van der Waals surface area contributed by atoms with Gasteiger partial charge < -0.3 is 4.74 Å². The van der Waals surface area contributed by atoms with E-state index in [0.717, 1.165) is 6.42 Å². The van der Waals surface area contributed by atoms with E-state index in [1.807, 2.05) is 29.5 Å². The molecule has 1 atom stereocenters. The Bertz CT molecular complexity index is 137. The Morgan fingerprint density at radius 2 is 2.08 bits per heavy atom. The van der Waals surface area contributed by atoms with Gasteiger partial charge in [0.15, 0.2) is 0 Å². The van der Waals surface area contributed by atoms with Gasteiger partial charge in [0.05, 0.1) is 10.5 Å². The van der Waals surface area contributed by atoms with Crippen LogP contribution in [0, 0.1) is 0 Å². The van der Waals surface area contributed by atoms with Gasteiger partial charge in [0.1, 0.15) is 0 Å². The number of rotatable bonds is 7. The highest BCUT2D eigenvalue weighted by atomic mass is 127. The largest absolute Gasteiger partial charge is 0.462 e. The summed E-state index contributed by atoms with van der Waals surface area (Å²) in [7, 11) is 0. The lowest BCUT2D eigenvalue weighted by Gasteiger charge is -2.11. The molecule has 0 aliphatic heterocycles. The number of esters is 1. The Morgan fingerprint density at radius 1 is 1.38 bits per heavy atom. The van der Waals surface area contributed by atoms with Crippen molar-refractivity contribution in [3.63, 3.8) is 0 Å². The Balaban J connectivity index is 3.29.